The number of benzene rings is 1. The molecule has 0 saturated heterocycles. The Hall–Kier alpha value is -1.18. The predicted molar refractivity (Wildman–Crippen MR) is 77.3 cm³/mol. The molecule has 0 aromatic heterocycles. The Morgan fingerprint density at radius 3 is 2.44 bits per heavy atom. The van der Waals surface area contributed by atoms with E-state index in [1.165, 1.54) is 24.8 Å². The first kappa shape index (κ1) is 13.3. The fraction of sp³-hybridized carbons (Fsp3) is 0.625. The van der Waals surface area contributed by atoms with Gasteiger partial charge in [-0.05, 0) is 49.3 Å². The lowest BCUT2D eigenvalue weighted by atomic mass is 9.78. The maximum atomic E-state index is 5.45. The van der Waals surface area contributed by atoms with Crippen LogP contribution >= 0.6 is 0 Å². The monoisotopic (exact) mass is 247 g/mol. The summed E-state index contributed by atoms with van der Waals surface area (Å²) in [5.41, 5.74) is 2.41. The molecule has 0 spiro atoms. The minimum atomic E-state index is 0.564. The van der Waals surface area contributed by atoms with Gasteiger partial charge in [0.15, 0.2) is 0 Å². The van der Waals surface area contributed by atoms with Gasteiger partial charge in [-0.2, -0.15) is 0 Å². The van der Waals surface area contributed by atoms with Gasteiger partial charge < -0.3 is 10.1 Å². The van der Waals surface area contributed by atoms with Crippen LogP contribution in [0.4, 0.5) is 5.69 Å². The summed E-state index contributed by atoms with van der Waals surface area (Å²) < 4.78 is 5.45. The standard InChI is InChI=1S/C16H25NO/c1-11-8-9-15(18-4)14(10-11)17-16-12(2)6-5-7-13(16)3/h8-10,12-13,16-17H,5-7H2,1-4H3. The fourth-order valence-electron chi connectivity index (χ4n) is 3.08. The van der Waals surface area contributed by atoms with Crippen molar-refractivity contribution in [3.63, 3.8) is 0 Å². The number of nitrogens with one attached hydrogen (secondary N) is 1. The third-order valence-electron chi connectivity index (χ3n) is 4.22. The van der Waals surface area contributed by atoms with E-state index >= 15 is 0 Å². The van der Waals surface area contributed by atoms with E-state index in [2.05, 4.69) is 44.3 Å². The Morgan fingerprint density at radius 2 is 1.83 bits per heavy atom. The number of methoxy groups -OCH3 is 1. The molecule has 0 bridgehead atoms. The molecule has 1 aliphatic carbocycles. The number of ether oxygens (including phenoxy) is 1. The quantitative estimate of drug-likeness (QED) is 0.862. The molecule has 1 N–H and O–H groups in total. The molecule has 2 atom stereocenters. The van der Waals surface area contributed by atoms with E-state index < -0.39 is 0 Å². The molecule has 1 aliphatic rings. The van der Waals surface area contributed by atoms with Crippen molar-refractivity contribution in [2.75, 3.05) is 12.4 Å². The smallest absolute Gasteiger partial charge is 0.141 e. The highest BCUT2D eigenvalue weighted by Crippen LogP contribution is 2.34. The Labute approximate surface area is 111 Å². The first-order chi connectivity index (χ1) is 8.61. The summed E-state index contributed by atoms with van der Waals surface area (Å²) in [5, 5.41) is 3.72. The molecule has 1 aromatic rings. The molecule has 100 valence electrons. The number of rotatable bonds is 3. The van der Waals surface area contributed by atoms with Crippen molar-refractivity contribution >= 4 is 5.69 Å². The van der Waals surface area contributed by atoms with Crippen LogP contribution in [0.2, 0.25) is 0 Å². The van der Waals surface area contributed by atoms with E-state index in [9.17, 15) is 0 Å². The lowest BCUT2D eigenvalue weighted by Crippen LogP contribution is -2.37. The first-order valence-electron chi connectivity index (χ1n) is 7.03. The van der Waals surface area contributed by atoms with Gasteiger partial charge in [-0.3, -0.25) is 0 Å². The van der Waals surface area contributed by atoms with Crippen LogP contribution < -0.4 is 10.1 Å². The second-order valence-corrected chi connectivity index (χ2v) is 5.76. The maximum Gasteiger partial charge on any atom is 0.141 e. The zero-order valence-electron chi connectivity index (χ0n) is 12.0. The zero-order valence-corrected chi connectivity index (χ0v) is 12.0. The van der Waals surface area contributed by atoms with Crippen LogP contribution in [-0.4, -0.2) is 13.2 Å². The van der Waals surface area contributed by atoms with Gasteiger partial charge in [-0.1, -0.05) is 26.3 Å². The summed E-state index contributed by atoms with van der Waals surface area (Å²) in [4.78, 5) is 0. The molecular weight excluding hydrogens is 222 g/mol. The molecule has 18 heavy (non-hydrogen) atoms. The lowest BCUT2D eigenvalue weighted by Gasteiger charge is -2.36. The summed E-state index contributed by atoms with van der Waals surface area (Å²) in [7, 11) is 1.74. The molecule has 1 fully saturated rings. The van der Waals surface area contributed by atoms with Crippen LogP contribution in [0.5, 0.6) is 5.75 Å². The highest BCUT2D eigenvalue weighted by Gasteiger charge is 2.28. The summed E-state index contributed by atoms with van der Waals surface area (Å²) in [6, 6.07) is 6.90. The first-order valence-corrected chi connectivity index (χ1v) is 7.03. The van der Waals surface area contributed by atoms with Crippen molar-refractivity contribution in [2.24, 2.45) is 11.8 Å². The largest absolute Gasteiger partial charge is 0.495 e. The number of hydrogen-bond donors (Lipinski definition) is 1. The van der Waals surface area contributed by atoms with E-state index in [1.807, 2.05) is 0 Å². The van der Waals surface area contributed by atoms with E-state index in [-0.39, 0.29) is 0 Å². The molecule has 1 saturated carbocycles. The molecule has 1 aromatic carbocycles. The van der Waals surface area contributed by atoms with Crippen LogP contribution in [0.15, 0.2) is 18.2 Å². The molecule has 0 heterocycles. The minimum absolute atomic E-state index is 0.564. The highest BCUT2D eigenvalue weighted by atomic mass is 16.5. The van der Waals surface area contributed by atoms with Crippen molar-refractivity contribution in [3.05, 3.63) is 23.8 Å². The molecule has 0 aliphatic heterocycles. The third-order valence-corrected chi connectivity index (χ3v) is 4.22. The van der Waals surface area contributed by atoms with E-state index in [0.29, 0.717) is 6.04 Å². The van der Waals surface area contributed by atoms with Crippen LogP contribution in [0.1, 0.15) is 38.7 Å². The average Bonchev–Trinajstić information content (AvgIpc) is 2.34. The predicted octanol–water partition coefficient (Wildman–Crippen LogP) is 4.24. The van der Waals surface area contributed by atoms with Crippen LogP contribution in [0.3, 0.4) is 0 Å². The normalized spacial score (nSPS) is 27.9. The van der Waals surface area contributed by atoms with E-state index in [1.54, 1.807) is 7.11 Å². The lowest BCUT2D eigenvalue weighted by molar-refractivity contribution is 0.267. The second-order valence-electron chi connectivity index (χ2n) is 5.76. The van der Waals surface area contributed by atoms with Crippen LogP contribution in [0.25, 0.3) is 0 Å². The SMILES string of the molecule is COc1ccc(C)cc1NC1C(C)CCCC1C. The van der Waals surface area contributed by atoms with Crippen molar-refractivity contribution < 1.29 is 4.74 Å². The van der Waals surface area contributed by atoms with E-state index in [4.69, 9.17) is 4.74 Å². The van der Waals surface area contributed by atoms with Gasteiger partial charge in [0.05, 0.1) is 12.8 Å². The number of aryl methyl sites for hydroxylation is 1. The molecule has 2 rings (SSSR count). The minimum Gasteiger partial charge on any atom is -0.495 e. The zero-order chi connectivity index (χ0) is 13.1. The van der Waals surface area contributed by atoms with Gasteiger partial charge >= 0.3 is 0 Å². The van der Waals surface area contributed by atoms with Gasteiger partial charge in [-0.25, -0.2) is 0 Å². The van der Waals surface area contributed by atoms with Gasteiger partial charge in [0.25, 0.3) is 0 Å². The molecule has 2 unspecified atom stereocenters. The molecule has 2 heteroatoms. The van der Waals surface area contributed by atoms with Gasteiger partial charge in [0.2, 0.25) is 0 Å². The van der Waals surface area contributed by atoms with Crippen molar-refractivity contribution in [2.45, 2.75) is 46.1 Å². The molecule has 0 amide bonds. The number of anilines is 1. The maximum absolute atomic E-state index is 5.45. The van der Waals surface area contributed by atoms with Crippen molar-refractivity contribution in [3.8, 4) is 5.75 Å². The topological polar surface area (TPSA) is 21.3 Å². The Kier molecular flexibility index (Phi) is 4.15. The van der Waals surface area contributed by atoms with Crippen LogP contribution in [-0.2, 0) is 0 Å². The summed E-state index contributed by atoms with van der Waals surface area (Å²) in [6.45, 7) is 6.84. The molecule has 2 nitrogen and oxygen atoms in total. The average molecular weight is 247 g/mol. The Bertz CT molecular complexity index is 392. The van der Waals surface area contributed by atoms with Crippen LogP contribution in [0, 0.1) is 18.8 Å². The fourth-order valence-corrected chi connectivity index (χ4v) is 3.08. The molecule has 0 radical (unpaired) electrons. The highest BCUT2D eigenvalue weighted by molar-refractivity contribution is 5.58. The van der Waals surface area contributed by atoms with Gasteiger partial charge in [0, 0.05) is 6.04 Å². The summed E-state index contributed by atoms with van der Waals surface area (Å²) >= 11 is 0. The van der Waals surface area contributed by atoms with Crippen molar-refractivity contribution in [1.82, 2.24) is 0 Å². The van der Waals surface area contributed by atoms with Gasteiger partial charge in [-0.15, -0.1) is 0 Å². The summed E-state index contributed by atoms with van der Waals surface area (Å²) in [6.07, 6.45) is 4.03. The Morgan fingerprint density at radius 1 is 1.17 bits per heavy atom. The van der Waals surface area contributed by atoms with E-state index in [0.717, 1.165) is 23.3 Å². The summed E-state index contributed by atoms with van der Waals surface area (Å²) in [5.74, 6) is 2.42. The second kappa shape index (κ2) is 5.64. The Balaban J connectivity index is 2.19. The van der Waals surface area contributed by atoms with Crippen molar-refractivity contribution in [1.29, 1.82) is 0 Å². The number of hydrogen-bond acceptors (Lipinski definition) is 2. The molecular formula is C16H25NO. The third kappa shape index (κ3) is 2.80. The van der Waals surface area contributed by atoms with Gasteiger partial charge in [0.1, 0.15) is 5.75 Å².